The molecule has 3 N–H and O–H groups in total. The van der Waals surface area contributed by atoms with Gasteiger partial charge in [0.15, 0.2) is 0 Å². The number of imidazole rings is 1. The van der Waals surface area contributed by atoms with Crippen molar-refractivity contribution in [1.82, 2.24) is 19.8 Å². The van der Waals surface area contributed by atoms with Crippen molar-refractivity contribution in [2.24, 2.45) is 18.7 Å². The van der Waals surface area contributed by atoms with Crippen molar-refractivity contribution < 1.29 is 4.79 Å². The van der Waals surface area contributed by atoms with Crippen molar-refractivity contribution in [2.45, 2.75) is 63.5 Å². The van der Waals surface area contributed by atoms with Crippen LogP contribution in [0.15, 0.2) is 12.5 Å². The maximum absolute atomic E-state index is 12.6. The molecule has 134 valence electrons. The van der Waals surface area contributed by atoms with E-state index in [-0.39, 0.29) is 18.0 Å². The highest BCUT2D eigenvalue weighted by atomic mass is 16.2. The maximum atomic E-state index is 12.6. The summed E-state index contributed by atoms with van der Waals surface area (Å²) in [5.41, 5.74) is 7.25. The Bertz CT molecular complexity index is 549. The molecule has 0 spiro atoms. The van der Waals surface area contributed by atoms with Crippen LogP contribution in [-0.4, -0.2) is 45.7 Å². The highest BCUT2D eigenvalue weighted by Crippen LogP contribution is 2.29. The summed E-state index contributed by atoms with van der Waals surface area (Å²) in [5, 5.41) is 3.23. The molecule has 0 bridgehead atoms. The molecule has 1 saturated carbocycles. The normalized spacial score (nSPS) is 30.5. The molecule has 6 heteroatoms. The number of nitrogens with two attached hydrogens (primary N) is 1. The first kappa shape index (κ1) is 17.3. The third-order valence-corrected chi connectivity index (χ3v) is 5.63. The van der Waals surface area contributed by atoms with Gasteiger partial charge in [-0.15, -0.1) is 0 Å². The Morgan fingerprint density at radius 2 is 2.08 bits per heavy atom. The van der Waals surface area contributed by atoms with E-state index in [1.807, 2.05) is 22.7 Å². The standard InChI is InChI=1S/C18H31N5O/c1-3-4-13-5-7-14(8-6-13)21-18(24)23-9-15(16(19)10-23)17-11-22(2)12-20-17/h11-16H,3-10,19H2,1-2H3,(H,21,24)/t13?,14?,15-,16-/m1/s1. The number of nitrogens with zero attached hydrogens (tertiary/aromatic N) is 3. The first-order valence-corrected chi connectivity index (χ1v) is 9.35. The van der Waals surface area contributed by atoms with Crippen molar-refractivity contribution in [2.75, 3.05) is 13.1 Å². The van der Waals surface area contributed by atoms with Gasteiger partial charge in [0, 0.05) is 44.3 Å². The molecule has 2 aliphatic rings. The quantitative estimate of drug-likeness (QED) is 0.887. The highest BCUT2D eigenvalue weighted by molar-refractivity contribution is 5.75. The van der Waals surface area contributed by atoms with Gasteiger partial charge in [-0.05, 0) is 31.6 Å². The molecule has 0 radical (unpaired) electrons. The number of likely N-dealkylation sites (tertiary alicyclic amines) is 1. The topological polar surface area (TPSA) is 76.2 Å². The zero-order valence-electron chi connectivity index (χ0n) is 14.9. The zero-order chi connectivity index (χ0) is 17.1. The molecule has 0 aromatic carbocycles. The molecule has 1 aliphatic carbocycles. The SMILES string of the molecule is CCCC1CCC(NC(=O)N2C[C@@H](N)[C@H](c3cn(C)cn3)C2)CC1. The van der Waals surface area contributed by atoms with Crippen molar-refractivity contribution in [1.29, 1.82) is 0 Å². The zero-order valence-corrected chi connectivity index (χ0v) is 14.9. The fraction of sp³-hybridized carbons (Fsp3) is 0.778. The first-order valence-electron chi connectivity index (χ1n) is 9.35. The Labute approximate surface area is 144 Å². The third kappa shape index (κ3) is 3.91. The maximum Gasteiger partial charge on any atom is 0.317 e. The van der Waals surface area contributed by atoms with Crippen molar-refractivity contribution in [3.63, 3.8) is 0 Å². The number of hydrogen-bond acceptors (Lipinski definition) is 3. The number of aryl methyl sites for hydroxylation is 1. The second-order valence-electron chi connectivity index (χ2n) is 7.60. The molecule has 2 amide bonds. The minimum Gasteiger partial charge on any atom is -0.340 e. The molecule has 2 fully saturated rings. The average molecular weight is 333 g/mol. The Morgan fingerprint density at radius 3 is 2.71 bits per heavy atom. The van der Waals surface area contributed by atoms with Crippen LogP contribution in [-0.2, 0) is 7.05 Å². The van der Waals surface area contributed by atoms with Crippen LogP contribution in [0.2, 0.25) is 0 Å². The molecule has 2 heterocycles. The van der Waals surface area contributed by atoms with Gasteiger partial charge in [-0.3, -0.25) is 0 Å². The summed E-state index contributed by atoms with van der Waals surface area (Å²) >= 11 is 0. The summed E-state index contributed by atoms with van der Waals surface area (Å²) in [5.74, 6) is 0.995. The van der Waals surface area contributed by atoms with E-state index in [1.54, 1.807) is 6.33 Å². The van der Waals surface area contributed by atoms with E-state index in [9.17, 15) is 4.79 Å². The Hall–Kier alpha value is -1.56. The Morgan fingerprint density at radius 1 is 1.33 bits per heavy atom. The summed E-state index contributed by atoms with van der Waals surface area (Å²) in [6, 6.07) is 0.337. The van der Waals surface area contributed by atoms with E-state index in [0.717, 1.165) is 24.5 Å². The molecular weight excluding hydrogens is 302 g/mol. The van der Waals surface area contributed by atoms with Gasteiger partial charge in [-0.25, -0.2) is 9.78 Å². The third-order valence-electron chi connectivity index (χ3n) is 5.63. The van der Waals surface area contributed by atoms with Crippen LogP contribution in [0.4, 0.5) is 4.79 Å². The minimum absolute atomic E-state index is 0.0362. The second kappa shape index (κ2) is 7.55. The van der Waals surface area contributed by atoms with Crippen molar-refractivity contribution in [3.8, 4) is 0 Å². The van der Waals surface area contributed by atoms with Crippen molar-refractivity contribution >= 4 is 6.03 Å². The van der Waals surface area contributed by atoms with Crippen LogP contribution >= 0.6 is 0 Å². The van der Waals surface area contributed by atoms with Crippen LogP contribution in [0.3, 0.4) is 0 Å². The van der Waals surface area contributed by atoms with E-state index in [2.05, 4.69) is 17.2 Å². The number of aromatic nitrogens is 2. The molecule has 3 rings (SSSR count). The summed E-state index contributed by atoms with van der Waals surface area (Å²) < 4.78 is 1.93. The van der Waals surface area contributed by atoms with Crippen LogP contribution in [0.25, 0.3) is 0 Å². The fourth-order valence-electron chi connectivity index (χ4n) is 4.20. The number of urea groups is 1. The molecular formula is C18H31N5O. The summed E-state index contributed by atoms with van der Waals surface area (Å²) in [6.45, 7) is 3.52. The summed E-state index contributed by atoms with van der Waals surface area (Å²) in [4.78, 5) is 18.9. The molecule has 24 heavy (non-hydrogen) atoms. The second-order valence-corrected chi connectivity index (χ2v) is 7.60. The Kier molecular flexibility index (Phi) is 5.43. The molecule has 6 nitrogen and oxygen atoms in total. The van der Waals surface area contributed by atoms with Gasteiger partial charge in [0.2, 0.25) is 0 Å². The lowest BCUT2D eigenvalue weighted by Crippen LogP contribution is -2.45. The largest absolute Gasteiger partial charge is 0.340 e. The lowest BCUT2D eigenvalue weighted by atomic mass is 9.83. The average Bonchev–Trinajstić information content (AvgIpc) is 3.15. The smallest absolute Gasteiger partial charge is 0.317 e. The van der Waals surface area contributed by atoms with Gasteiger partial charge in [-0.2, -0.15) is 0 Å². The number of carbonyl (C=O) groups is 1. The minimum atomic E-state index is -0.0362. The lowest BCUT2D eigenvalue weighted by molar-refractivity contribution is 0.194. The van der Waals surface area contributed by atoms with E-state index in [1.165, 1.54) is 25.7 Å². The van der Waals surface area contributed by atoms with Crippen LogP contribution in [0.5, 0.6) is 0 Å². The number of rotatable bonds is 4. The van der Waals surface area contributed by atoms with Crippen LogP contribution in [0, 0.1) is 5.92 Å². The van der Waals surface area contributed by atoms with Gasteiger partial charge in [0.25, 0.3) is 0 Å². The van der Waals surface area contributed by atoms with Gasteiger partial charge in [-0.1, -0.05) is 19.8 Å². The highest BCUT2D eigenvalue weighted by Gasteiger charge is 2.36. The predicted octanol–water partition coefficient (Wildman–Crippen LogP) is 2.22. The van der Waals surface area contributed by atoms with Crippen LogP contribution < -0.4 is 11.1 Å². The van der Waals surface area contributed by atoms with Gasteiger partial charge >= 0.3 is 6.03 Å². The number of carbonyl (C=O) groups excluding carboxylic acids is 1. The molecule has 2 atom stereocenters. The fourth-order valence-corrected chi connectivity index (χ4v) is 4.20. The van der Waals surface area contributed by atoms with Crippen molar-refractivity contribution in [3.05, 3.63) is 18.2 Å². The molecule has 0 unspecified atom stereocenters. The number of amides is 2. The van der Waals surface area contributed by atoms with Gasteiger partial charge in [0.1, 0.15) is 0 Å². The molecule has 1 aromatic heterocycles. The number of nitrogens with one attached hydrogen (secondary N) is 1. The monoisotopic (exact) mass is 333 g/mol. The van der Waals surface area contributed by atoms with E-state index < -0.39 is 0 Å². The van der Waals surface area contributed by atoms with Gasteiger partial charge in [0.05, 0.1) is 12.0 Å². The van der Waals surface area contributed by atoms with Gasteiger partial charge < -0.3 is 20.5 Å². The summed E-state index contributed by atoms with van der Waals surface area (Å²) in [6.07, 6.45) is 11.1. The predicted molar refractivity (Wildman–Crippen MR) is 94.7 cm³/mol. The molecule has 1 saturated heterocycles. The molecule has 1 aromatic rings. The van der Waals surface area contributed by atoms with Crippen LogP contribution in [0.1, 0.15) is 57.1 Å². The lowest BCUT2D eigenvalue weighted by Gasteiger charge is -2.30. The van der Waals surface area contributed by atoms with E-state index in [0.29, 0.717) is 19.1 Å². The van der Waals surface area contributed by atoms with E-state index in [4.69, 9.17) is 5.73 Å². The van der Waals surface area contributed by atoms with E-state index >= 15 is 0 Å². The Balaban J connectivity index is 1.49. The number of hydrogen-bond donors (Lipinski definition) is 2. The first-order chi connectivity index (χ1) is 11.6. The molecule has 1 aliphatic heterocycles. The summed E-state index contributed by atoms with van der Waals surface area (Å²) in [7, 11) is 1.95.